The number of carboxylic acids is 1. The van der Waals surface area contributed by atoms with Gasteiger partial charge in [0.25, 0.3) is 0 Å². The molecule has 0 bridgehead atoms. The van der Waals surface area contributed by atoms with Crippen LogP contribution in [-0.2, 0) is 24.0 Å². The molecule has 12 nitrogen and oxygen atoms in total. The summed E-state index contributed by atoms with van der Waals surface area (Å²) in [6, 6.07) is -3.76. The molecule has 4 amide bonds. The standard InChI is InChI=1S/C14H23N5O7/c15-5-11(22)17-7(4-10(16)21)13(24)19-3-1-2-9(19)12(23)18-8(6-20)14(25)26/h7-9,20H,1-6,15H2,(H2,16,21)(H,17,22)(H,18,23)(H,25,26). The number of nitrogens with zero attached hydrogens (tertiary/aromatic N) is 1. The van der Waals surface area contributed by atoms with Crippen molar-refractivity contribution in [3.63, 3.8) is 0 Å². The molecule has 0 aromatic heterocycles. The van der Waals surface area contributed by atoms with Gasteiger partial charge in [-0.2, -0.15) is 0 Å². The predicted molar refractivity (Wildman–Crippen MR) is 86.2 cm³/mol. The van der Waals surface area contributed by atoms with Crippen LogP contribution in [0.4, 0.5) is 0 Å². The average molecular weight is 373 g/mol. The van der Waals surface area contributed by atoms with Gasteiger partial charge in [-0.15, -0.1) is 0 Å². The van der Waals surface area contributed by atoms with E-state index in [0.29, 0.717) is 6.42 Å². The fourth-order valence-electron chi connectivity index (χ4n) is 2.61. The number of aliphatic carboxylic acids is 1. The van der Waals surface area contributed by atoms with Crippen LogP contribution in [0.2, 0.25) is 0 Å². The first-order chi connectivity index (χ1) is 12.2. The minimum absolute atomic E-state index is 0.182. The molecule has 0 aromatic carbocycles. The summed E-state index contributed by atoms with van der Waals surface area (Å²) in [5, 5.41) is 22.3. The van der Waals surface area contributed by atoms with Crippen LogP contribution < -0.4 is 22.1 Å². The number of primary amides is 1. The largest absolute Gasteiger partial charge is 0.480 e. The van der Waals surface area contributed by atoms with Crippen LogP contribution in [0.25, 0.3) is 0 Å². The van der Waals surface area contributed by atoms with E-state index < -0.39 is 67.3 Å². The summed E-state index contributed by atoms with van der Waals surface area (Å²) in [6.07, 6.45) is 0.266. The zero-order valence-corrected chi connectivity index (χ0v) is 14.0. The van der Waals surface area contributed by atoms with Gasteiger partial charge in [0.05, 0.1) is 19.6 Å². The third-order valence-electron chi connectivity index (χ3n) is 3.86. The topological polar surface area (TPSA) is 205 Å². The number of carbonyl (C=O) groups excluding carboxylic acids is 4. The van der Waals surface area contributed by atoms with Gasteiger partial charge in [0.15, 0.2) is 0 Å². The highest BCUT2D eigenvalue weighted by atomic mass is 16.4. The molecule has 3 unspecified atom stereocenters. The van der Waals surface area contributed by atoms with Gasteiger partial charge in [0.2, 0.25) is 23.6 Å². The maximum atomic E-state index is 12.7. The number of aliphatic hydroxyl groups is 1. The van der Waals surface area contributed by atoms with Crippen LogP contribution in [0.3, 0.4) is 0 Å². The number of aliphatic hydroxyl groups excluding tert-OH is 1. The molecular formula is C14H23N5O7. The summed E-state index contributed by atoms with van der Waals surface area (Å²) in [5.41, 5.74) is 10.3. The monoisotopic (exact) mass is 373 g/mol. The number of hydrogen-bond donors (Lipinski definition) is 6. The number of likely N-dealkylation sites (tertiary alicyclic amines) is 1. The summed E-state index contributed by atoms with van der Waals surface area (Å²) in [7, 11) is 0. The van der Waals surface area contributed by atoms with Crippen molar-refractivity contribution >= 4 is 29.6 Å². The number of carbonyl (C=O) groups is 5. The molecular weight excluding hydrogens is 350 g/mol. The van der Waals surface area contributed by atoms with Crippen molar-refractivity contribution in [2.75, 3.05) is 19.7 Å². The lowest BCUT2D eigenvalue weighted by molar-refractivity contribution is -0.146. The molecule has 0 saturated carbocycles. The Morgan fingerprint density at radius 2 is 1.81 bits per heavy atom. The van der Waals surface area contributed by atoms with E-state index in [4.69, 9.17) is 21.7 Å². The first-order valence-electron chi connectivity index (χ1n) is 7.93. The lowest BCUT2D eigenvalue weighted by Gasteiger charge is -2.28. The van der Waals surface area contributed by atoms with Crippen molar-refractivity contribution in [1.82, 2.24) is 15.5 Å². The Hall–Kier alpha value is -2.73. The van der Waals surface area contributed by atoms with Crippen LogP contribution in [0.1, 0.15) is 19.3 Å². The Labute approximate surface area is 148 Å². The first kappa shape index (κ1) is 21.3. The van der Waals surface area contributed by atoms with Crippen molar-refractivity contribution in [1.29, 1.82) is 0 Å². The molecule has 1 aliphatic heterocycles. The molecule has 1 heterocycles. The van der Waals surface area contributed by atoms with Crippen LogP contribution in [-0.4, -0.2) is 82.5 Å². The smallest absolute Gasteiger partial charge is 0.328 e. The molecule has 8 N–H and O–H groups in total. The zero-order valence-electron chi connectivity index (χ0n) is 14.0. The van der Waals surface area contributed by atoms with Gasteiger partial charge in [-0.3, -0.25) is 19.2 Å². The second kappa shape index (κ2) is 9.68. The van der Waals surface area contributed by atoms with Gasteiger partial charge in [0.1, 0.15) is 18.1 Å². The van der Waals surface area contributed by atoms with Gasteiger partial charge >= 0.3 is 5.97 Å². The third kappa shape index (κ3) is 5.67. The fraction of sp³-hybridized carbons (Fsp3) is 0.643. The van der Waals surface area contributed by atoms with E-state index >= 15 is 0 Å². The van der Waals surface area contributed by atoms with Crippen molar-refractivity contribution in [3.8, 4) is 0 Å². The number of nitrogens with one attached hydrogen (secondary N) is 2. The number of rotatable bonds is 9. The minimum Gasteiger partial charge on any atom is -0.480 e. The second-order valence-corrected chi connectivity index (χ2v) is 5.77. The molecule has 0 aliphatic carbocycles. The number of hydrogen-bond acceptors (Lipinski definition) is 7. The Morgan fingerprint density at radius 1 is 1.15 bits per heavy atom. The molecule has 3 atom stereocenters. The van der Waals surface area contributed by atoms with E-state index in [2.05, 4.69) is 10.6 Å². The average Bonchev–Trinajstić information content (AvgIpc) is 3.07. The van der Waals surface area contributed by atoms with Gasteiger partial charge in [0, 0.05) is 6.54 Å². The fourth-order valence-corrected chi connectivity index (χ4v) is 2.61. The zero-order chi connectivity index (χ0) is 19.9. The quantitative estimate of drug-likeness (QED) is 0.233. The van der Waals surface area contributed by atoms with E-state index in [0.717, 1.165) is 4.90 Å². The molecule has 0 spiro atoms. The Kier molecular flexibility index (Phi) is 7.93. The Balaban J connectivity index is 2.89. The van der Waals surface area contributed by atoms with Crippen LogP contribution in [0.15, 0.2) is 0 Å². The van der Waals surface area contributed by atoms with Gasteiger partial charge in [-0.1, -0.05) is 0 Å². The van der Waals surface area contributed by atoms with Gasteiger partial charge in [-0.05, 0) is 12.8 Å². The van der Waals surface area contributed by atoms with Crippen molar-refractivity contribution < 1.29 is 34.2 Å². The number of nitrogens with two attached hydrogens (primary N) is 2. The minimum atomic E-state index is -1.50. The number of amides is 4. The Bertz CT molecular complexity index is 582. The molecule has 146 valence electrons. The number of carboxylic acid groups (broad SMARTS) is 1. The lowest BCUT2D eigenvalue weighted by Crippen LogP contribution is -2.56. The lowest BCUT2D eigenvalue weighted by atomic mass is 10.1. The molecule has 0 radical (unpaired) electrons. The molecule has 1 aliphatic rings. The van der Waals surface area contributed by atoms with E-state index in [-0.39, 0.29) is 13.0 Å². The summed E-state index contributed by atoms with van der Waals surface area (Å²) in [4.78, 5) is 59.6. The molecule has 26 heavy (non-hydrogen) atoms. The summed E-state index contributed by atoms with van der Waals surface area (Å²) in [5.74, 6) is -4.36. The maximum Gasteiger partial charge on any atom is 0.328 e. The summed E-state index contributed by atoms with van der Waals surface area (Å²) >= 11 is 0. The van der Waals surface area contributed by atoms with E-state index in [9.17, 15) is 24.0 Å². The molecule has 12 heteroatoms. The highest BCUT2D eigenvalue weighted by Crippen LogP contribution is 2.19. The molecule has 1 rings (SSSR count). The summed E-state index contributed by atoms with van der Waals surface area (Å²) in [6.45, 7) is -1.02. The van der Waals surface area contributed by atoms with Crippen LogP contribution >= 0.6 is 0 Å². The van der Waals surface area contributed by atoms with E-state index in [1.807, 2.05) is 0 Å². The highest BCUT2D eigenvalue weighted by molar-refractivity contribution is 5.96. The van der Waals surface area contributed by atoms with E-state index in [1.54, 1.807) is 0 Å². The van der Waals surface area contributed by atoms with Crippen molar-refractivity contribution in [2.45, 2.75) is 37.4 Å². The van der Waals surface area contributed by atoms with Crippen LogP contribution in [0, 0.1) is 0 Å². The van der Waals surface area contributed by atoms with Crippen LogP contribution in [0.5, 0.6) is 0 Å². The Morgan fingerprint density at radius 3 is 2.31 bits per heavy atom. The highest BCUT2D eigenvalue weighted by Gasteiger charge is 2.39. The maximum absolute atomic E-state index is 12.7. The second-order valence-electron chi connectivity index (χ2n) is 5.77. The van der Waals surface area contributed by atoms with Gasteiger partial charge in [-0.25, -0.2) is 4.79 Å². The van der Waals surface area contributed by atoms with Crippen molar-refractivity contribution in [2.24, 2.45) is 11.5 Å². The predicted octanol–water partition coefficient (Wildman–Crippen LogP) is -4.14. The van der Waals surface area contributed by atoms with Crippen molar-refractivity contribution in [3.05, 3.63) is 0 Å². The van der Waals surface area contributed by atoms with Gasteiger partial charge < -0.3 is 37.2 Å². The molecule has 0 aromatic rings. The summed E-state index contributed by atoms with van der Waals surface area (Å²) < 4.78 is 0. The molecule has 1 fully saturated rings. The van der Waals surface area contributed by atoms with E-state index in [1.165, 1.54) is 0 Å². The molecule has 1 saturated heterocycles. The third-order valence-corrected chi connectivity index (χ3v) is 3.86. The SMILES string of the molecule is NCC(=O)NC(CC(N)=O)C(=O)N1CCCC1C(=O)NC(CO)C(=O)O. The normalized spacial score (nSPS) is 18.7. The first-order valence-corrected chi connectivity index (χ1v) is 7.93.